The first-order valence-corrected chi connectivity index (χ1v) is 9.70. The van der Waals surface area contributed by atoms with Gasteiger partial charge in [0.25, 0.3) is 0 Å². The van der Waals surface area contributed by atoms with Gasteiger partial charge < -0.3 is 9.72 Å². The maximum Gasteiger partial charge on any atom is 0.214 e. The number of fused-ring (bicyclic) bond motifs is 1. The molecule has 3 heterocycles. The average molecular weight is 350 g/mol. The van der Waals surface area contributed by atoms with E-state index in [1.54, 1.807) is 23.7 Å². The van der Waals surface area contributed by atoms with E-state index < -0.39 is 10.0 Å². The van der Waals surface area contributed by atoms with Crippen LogP contribution in [0.2, 0.25) is 0 Å². The molecule has 1 aliphatic rings. The van der Waals surface area contributed by atoms with Crippen LogP contribution in [0.15, 0.2) is 18.3 Å². The zero-order valence-electron chi connectivity index (χ0n) is 13.9. The quantitative estimate of drug-likeness (QED) is 0.860. The molecule has 130 valence electrons. The maximum absolute atomic E-state index is 12.4. The van der Waals surface area contributed by atoms with E-state index in [1.165, 1.54) is 0 Å². The molecule has 0 bridgehead atoms. The topological polar surface area (TPSA) is 88.2 Å². The third-order valence-electron chi connectivity index (χ3n) is 4.17. The van der Waals surface area contributed by atoms with E-state index in [-0.39, 0.29) is 5.75 Å². The number of hydrogen-bond donors (Lipinski definition) is 1. The average Bonchev–Trinajstić information content (AvgIpc) is 3.03. The number of aromatic amines is 1. The Bertz CT molecular complexity index is 799. The summed E-state index contributed by atoms with van der Waals surface area (Å²) < 4.78 is 31.3. The van der Waals surface area contributed by atoms with Crippen LogP contribution in [-0.4, -0.2) is 47.1 Å². The number of hydrogen-bond acceptors (Lipinski definition) is 5. The first-order valence-electron chi connectivity index (χ1n) is 8.09. The van der Waals surface area contributed by atoms with Gasteiger partial charge >= 0.3 is 0 Å². The molecule has 3 rings (SSSR count). The molecule has 0 amide bonds. The van der Waals surface area contributed by atoms with Gasteiger partial charge in [0.1, 0.15) is 5.82 Å². The summed E-state index contributed by atoms with van der Waals surface area (Å²) in [6.07, 6.45) is 3.88. The maximum atomic E-state index is 12.4. The Morgan fingerprint density at radius 2 is 2.21 bits per heavy atom. The van der Waals surface area contributed by atoms with E-state index in [2.05, 4.69) is 15.0 Å². The highest BCUT2D eigenvalue weighted by Crippen LogP contribution is 2.24. The van der Waals surface area contributed by atoms with Gasteiger partial charge in [-0.15, -0.1) is 0 Å². The van der Waals surface area contributed by atoms with E-state index in [0.717, 1.165) is 23.4 Å². The lowest BCUT2D eigenvalue weighted by Gasteiger charge is -2.25. The number of rotatable bonds is 6. The second kappa shape index (κ2) is 6.90. The van der Waals surface area contributed by atoms with Crippen LogP contribution in [0.25, 0.3) is 11.4 Å². The second-order valence-electron chi connectivity index (χ2n) is 5.85. The lowest BCUT2D eigenvalue weighted by atomic mass is 10.2. The van der Waals surface area contributed by atoms with Crippen molar-refractivity contribution in [2.24, 2.45) is 0 Å². The molecule has 0 saturated carbocycles. The summed E-state index contributed by atoms with van der Waals surface area (Å²) >= 11 is 0. The lowest BCUT2D eigenvalue weighted by Crippen LogP contribution is -2.37. The van der Waals surface area contributed by atoms with Gasteiger partial charge in [0, 0.05) is 30.8 Å². The minimum Gasteiger partial charge on any atom is -0.481 e. The van der Waals surface area contributed by atoms with Crippen molar-refractivity contribution >= 4 is 10.0 Å². The minimum absolute atomic E-state index is 0.211. The Labute approximate surface area is 142 Å². The summed E-state index contributed by atoms with van der Waals surface area (Å²) in [6.45, 7) is 2.84. The Kier molecular flexibility index (Phi) is 4.86. The highest BCUT2D eigenvalue weighted by atomic mass is 32.2. The number of H-pyrrole nitrogens is 1. The molecule has 24 heavy (non-hydrogen) atoms. The van der Waals surface area contributed by atoms with Crippen LogP contribution >= 0.6 is 0 Å². The van der Waals surface area contributed by atoms with E-state index in [1.807, 2.05) is 13.0 Å². The Morgan fingerprint density at radius 1 is 1.38 bits per heavy atom. The molecule has 1 N–H and O–H groups in total. The molecule has 0 atom stereocenters. The predicted octanol–water partition coefficient (Wildman–Crippen LogP) is 1.97. The molecule has 0 saturated heterocycles. The number of unbranched alkanes of at least 4 members (excludes halogenated alkanes) is 1. The summed E-state index contributed by atoms with van der Waals surface area (Å²) in [5.74, 6) is 1.47. The number of pyridine rings is 1. The van der Waals surface area contributed by atoms with Crippen molar-refractivity contribution < 1.29 is 13.2 Å². The van der Waals surface area contributed by atoms with Gasteiger partial charge in [0.15, 0.2) is 0 Å². The summed E-state index contributed by atoms with van der Waals surface area (Å²) in [7, 11) is -1.63. The first-order chi connectivity index (χ1) is 11.5. The van der Waals surface area contributed by atoms with Crippen molar-refractivity contribution in [2.45, 2.75) is 32.7 Å². The van der Waals surface area contributed by atoms with Crippen LogP contribution in [0.1, 0.15) is 31.2 Å². The summed E-state index contributed by atoms with van der Waals surface area (Å²) in [5.41, 5.74) is 2.65. The van der Waals surface area contributed by atoms with E-state index in [9.17, 15) is 8.42 Å². The molecule has 0 aliphatic carbocycles. The van der Waals surface area contributed by atoms with Gasteiger partial charge in [-0.1, -0.05) is 13.3 Å². The number of methoxy groups -OCH3 is 1. The third kappa shape index (κ3) is 3.44. The molecule has 2 aromatic heterocycles. The first kappa shape index (κ1) is 16.9. The van der Waals surface area contributed by atoms with Gasteiger partial charge in [0.2, 0.25) is 15.9 Å². The summed E-state index contributed by atoms with van der Waals surface area (Å²) in [4.78, 5) is 12.0. The zero-order chi connectivity index (χ0) is 17.2. The van der Waals surface area contributed by atoms with Gasteiger partial charge in [-0.2, -0.15) is 4.31 Å². The van der Waals surface area contributed by atoms with Crippen molar-refractivity contribution in [3.63, 3.8) is 0 Å². The molecule has 0 radical (unpaired) electrons. The van der Waals surface area contributed by atoms with E-state index in [0.29, 0.717) is 37.6 Å². The Balaban J connectivity index is 1.79. The normalized spacial score (nSPS) is 15.2. The highest BCUT2D eigenvalue weighted by Gasteiger charge is 2.28. The van der Waals surface area contributed by atoms with Crippen molar-refractivity contribution in [2.75, 3.05) is 19.4 Å². The van der Waals surface area contributed by atoms with Gasteiger partial charge in [-0.05, 0) is 12.5 Å². The Morgan fingerprint density at radius 3 is 2.88 bits per heavy atom. The molecular formula is C16H22N4O3S. The van der Waals surface area contributed by atoms with Crippen molar-refractivity contribution in [1.82, 2.24) is 19.3 Å². The van der Waals surface area contributed by atoms with Gasteiger partial charge in [0.05, 0.1) is 30.8 Å². The van der Waals surface area contributed by atoms with Crippen molar-refractivity contribution in [3.05, 3.63) is 29.7 Å². The largest absolute Gasteiger partial charge is 0.481 e. The van der Waals surface area contributed by atoms with Crippen LogP contribution < -0.4 is 4.74 Å². The molecule has 1 aliphatic heterocycles. The minimum atomic E-state index is -3.20. The van der Waals surface area contributed by atoms with E-state index >= 15 is 0 Å². The smallest absolute Gasteiger partial charge is 0.214 e. The highest BCUT2D eigenvalue weighted by molar-refractivity contribution is 7.89. The fourth-order valence-corrected chi connectivity index (χ4v) is 4.35. The standard InChI is InChI=1S/C16H22N4O3S/c1-3-4-9-24(21,22)20-8-7-13-14(11-20)19-16(18-13)12-5-6-15(23-2)17-10-12/h5-6,10H,3-4,7-9,11H2,1-2H3,(H,18,19). The zero-order valence-corrected chi connectivity index (χ0v) is 14.8. The molecule has 0 fully saturated rings. The number of nitrogens with zero attached hydrogens (tertiary/aromatic N) is 3. The Hall–Kier alpha value is -1.93. The molecule has 8 heteroatoms. The molecule has 0 spiro atoms. The third-order valence-corrected chi connectivity index (χ3v) is 6.07. The van der Waals surface area contributed by atoms with Crippen LogP contribution in [0.4, 0.5) is 0 Å². The van der Waals surface area contributed by atoms with Crippen LogP contribution in [0, 0.1) is 0 Å². The predicted molar refractivity (Wildman–Crippen MR) is 91.2 cm³/mol. The summed E-state index contributed by atoms with van der Waals surface area (Å²) in [5, 5.41) is 0. The molecule has 0 unspecified atom stereocenters. The number of sulfonamides is 1. The number of aromatic nitrogens is 3. The fourth-order valence-electron chi connectivity index (χ4n) is 2.74. The second-order valence-corrected chi connectivity index (χ2v) is 7.94. The number of imidazole rings is 1. The van der Waals surface area contributed by atoms with Crippen LogP contribution in [0.3, 0.4) is 0 Å². The van der Waals surface area contributed by atoms with Gasteiger partial charge in [-0.25, -0.2) is 18.4 Å². The van der Waals surface area contributed by atoms with Gasteiger partial charge in [-0.3, -0.25) is 0 Å². The monoisotopic (exact) mass is 350 g/mol. The van der Waals surface area contributed by atoms with E-state index in [4.69, 9.17) is 4.74 Å². The molecule has 0 aromatic carbocycles. The van der Waals surface area contributed by atoms with Crippen LogP contribution in [0.5, 0.6) is 5.88 Å². The van der Waals surface area contributed by atoms with Crippen molar-refractivity contribution in [3.8, 4) is 17.3 Å². The van der Waals surface area contributed by atoms with Crippen LogP contribution in [-0.2, 0) is 23.0 Å². The number of ether oxygens (including phenoxy) is 1. The molecule has 7 nitrogen and oxygen atoms in total. The molecule has 2 aromatic rings. The van der Waals surface area contributed by atoms with Crippen molar-refractivity contribution in [1.29, 1.82) is 0 Å². The summed E-state index contributed by atoms with van der Waals surface area (Å²) in [6, 6.07) is 3.66. The molecular weight excluding hydrogens is 328 g/mol. The SMILES string of the molecule is CCCCS(=O)(=O)N1CCc2nc(-c3ccc(OC)nc3)[nH]c2C1. The fraction of sp³-hybridized carbons (Fsp3) is 0.500. The lowest BCUT2D eigenvalue weighted by molar-refractivity contribution is 0.385. The number of nitrogens with one attached hydrogen (secondary N) is 1.